The highest BCUT2D eigenvalue weighted by Crippen LogP contribution is 2.24. The van der Waals surface area contributed by atoms with Crippen molar-refractivity contribution in [1.29, 1.82) is 0 Å². The number of benzene rings is 1. The molecule has 2 aromatic heterocycles. The number of nitrogens with one attached hydrogen (secondary N) is 1. The van der Waals surface area contributed by atoms with Gasteiger partial charge < -0.3 is 14.5 Å². The molecule has 0 bridgehead atoms. The molecule has 0 unspecified atom stereocenters. The van der Waals surface area contributed by atoms with Crippen LogP contribution in [-0.2, 0) is 6.54 Å². The lowest BCUT2D eigenvalue weighted by Crippen LogP contribution is -2.26. The minimum Gasteiger partial charge on any atom is -0.496 e. The highest BCUT2D eigenvalue weighted by molar-refractivity contribution is 5.91. The van der Waals surface area contributed by atoms with Crippen LogP contribution in [0.5, 0.6) is 5.75 Å². The average molecular weight is 325 g/mol. The Kier molecular flexibility index (Phi) is 4.65. The standard InChI is InChI=1S/C18H19N3O3/c1-13(15-6-3-4-7-16(15)23-2)20-18(22)17-9-8-14(24-17)12-21-11-5-10-19-21/h3-11,13H,12H2,1-2H3,(H,20,22)/t13-/m1/s1. The van der Waals surface area contributed by atoms with Gasteiger partial charge in [-0.05, 0) is 31.2 Å². The molecule has 6 nitrogen and oxygen atoms in total. The van der Waals surface area contributed by atoms with E-state index in [1.165, 1.54) is 0 Å². The number of furan rings is 1. The highest BCUT2D eigenvalue weighted by Gasteiger charge is 2.17. The van der Waals surface area contributed by atoms with Crippen molar-refractivity contribution in [2.24, 2.45) is 0 Å². The smallest absolute Gasteiger partial charge is 0.287 e. The van der Waals surface area contributed by atoms with Gasteiger partial charge >= 0.3 is 0 Å². The van der Waals surface area contributed by atoms with E-state index in [0.29, 0.717) is 12.3 Å². The average Bonchev–Trinajstić information content (AvgIpc) is 3.27. The number of hydrogen-bond donors (Lipinski definition) is 1. The van der Waals surface area contributed by atoms with Crippen LogP contribution in [0.15, 0.2) is 59.3 Å². The molecule has 1 amide bonds. The Balaban J connectivity index is 1.67. The van der Waals surface area contributed by atoms with Crippen molar-refractivity contribution in [1.82, 2.24) is 15.1 Å². The maximum absolute atomic E-state index is 12.4. The molecule has 0 radical (unpaired) electrons. The molecule has 6 heteroatoms. The van der Waals surface area contributed by atoms with Crippen LogP contribution in [0.1, 0.15) is 34.8 Å². The largest absolute Gasteiger partial charge is 0.496 e. The van der Waals surface area contributed by atoms with Crippen molar-refractivity contribution in [2.45, 2.75) is 19.5 Å². The van der Waals surface area contributed by atoms with Gasteiger partial charge in [0.05, 0.1) is 19.7 Å². The number of amides is 1. The summed E-state index contributed by atoms with van der Waals surface area (Å²) >= 11 is 0. The number of para-hydroxylation sites is 1. The summed E-state index contributed by atoms with van der Waals surface area (Å²) in [5.41, 5.74) is 0.914. The molecule has 3 rings (SSSR count). The van der Waals surface area contributed by atoms with E-state index in [-0.39, 0.29) is 17.7 Å². The lowest BCUT2D eigenvalue weighted by Gasteiger charge is -2.16. The summed E-state index contributed by atoms with van der Waals surface area (Å²) in [5.74, 6) is 1.43. The lowest BCUT2D eigenvalue weighted by molar-refractivity contribution is 0.0909. The van der Waals surface area contributed by atoms with Crippen molar-refractivity contribution in [2.75, 3.05) is 7.11 Å². The molecule has 0 aliphatic rings. The van der Waals surface area contributed by atoms with Gasteiger partial charge in [0.25, 0.3) is 5.91 Å². The fourth-order valence-electron chi connectivity index (χ4n) is 2.51. The third-order valence-electron chi connectivity index (χ3n) is 3.72. The van der Waals surface area contributed by atoms with Crippen LogP contribution in [0.3, 0.4) is 0 Å². The number of carbonyl (C=O) groups excluding carboxylic acids is 1. The molecule has 1 aromatic carbocycles. The summed E-state index contributed by atoms with van der Waals surface area (Å²) in [6.07, 6.45) is 3.54. The SMILES string of the molecule is COc1ccccc1[C@@H](C)NC(=O)c1ccc(Cn2cccn2)o1. The number of rotatable bonds is 6. The number of carbonyl (C=O) groups is 1. The molecule has 1 N–H and O–H groups in total. The Morgan fingerprint density at radius 2 is 2.12 bits per heavy atom. The Morgan fingerprint density at radius 1 is 1.29 bits per heavy atom. The van der Waals surface area contributed by atoms with Crippen molar-refractivity contribution < 1.29 is 13.9 Å². The van der Waals surface area contributed by atoms with Gasteiger partial charge in [0, 0.05) is 18.0 Å². The third-order valence-corrected chi connectivity index (χ3v) is 3.72. The van der Waals surface area contributed by atoms with Gasteiger partial charge in [-0.1, -0.05) is 18.2 Å². The maximum Gasteiger partial charge on any atom is 0.287 e. The molecule has 0 aliphatic heterocycles. The van der Waals surface area contributed by atoms with Crippen molar-refractivity contribution >= 4 is 5.91 Å². The second kappa shape index (κ2) is 7.04. The second-order valence-corrected chi connectivity index (χ2v) is 5.41. The monoisotopic (exact) mass is 325 g/mol. The normalized spacial score (nSPS) is 11.9. The molecular formula is C18H19N3O3. The zero-order valence-corrected chi connectivity index (χ0v) is 13.6. The molecule has 1 atom stereocenters. The summed E-state index contributed by atoms with van der Waals surface area (Å²) in [6, 6.07) is 12.7. The fourth-order valence-corrected chi connectivity index (χ4v) is 2.51. The molecule has 0 spiro atoms. The molecule has 0 fully saturated rings. The molecule has 0 saturated carbocycles. The Hall–Kier alpha value is -3.02. The van der Waals surface area contributed by atoms with Gasteiger partial charge in [-0.3, -0.25) is 9.48 Å². The van der Waals surface area contributed by atoms with Crippen LogP contribution in [0.25, 0.3) is 0 Å². The third kappa shape index (κ3) is 3.48. The minimum absolute atomic E-state index is 0.201. The maximum atomic E-state index is 12.4. The van der Waals surface area contributed by atoms with Gasteiger partial charge in [0.1, 0.15) is 11.5 Å². The van der Waals surface area contributed by atoms with E-state index >= 15 is 0 Å². The molecule has 0 saturated heterocycles. The van der Waals surface area contributed by atoms with Crippen molar-refractivity contribution in [3.05, 3.63) is 71.9 Å². The summed E-state index contributed by atoms with van der Waals surface area (Å²) < 4.78 is 12.7. The molecule has 2 heterocycles. The van der Waals surface area contributed by atoms with Gasteiger partial charge in [0.2, 0.25) is 0 Å². The van der Waals surface area contributed by atoms with Gasteiger partial charge in [-0.25, -0.2) is 0 Å². The van der Waals surface area contributed by atoms with E-state index in [9.17, 15) is 4.79 Å². The molecule has 24 heavy (non-hydrogen) atoms. The van der Waals surface area contributed by atoms with Crippen LogP contribution in [0, 0.1) is 0 Å². The summed E-state index contributed by atoms with van der Waals surface area (Å²) in [5, 5.41) is 7.04. The van der Waals surface area contributed by atoms with Crippen LogP contribution in [0.4, 0.5) is 0 Å². The van der Waals surface area contributed by atoms with Crippen molar-refractivity contribution in [3.8, 4) is 5.75 Å². The van der Waals surface area contributed by atoms with E-state index in [1.54, 1.807) is 30.1 Å². The number of ether oxygens (including phenoxy) is 1. The first kappa shape index (κ1) is 15.9. The minimum atomic E-state index is -0.264. The summed E-state index contributed by atoms with van der Waals surface area (Å²) in [4.78, 5) is 12.4. The quantitative estimate of drug-likeness (QED) is 0.756. The number of aromatic nitrogens is 2. The first-order valence-corrected chi connectivity index (χ1v) is 7.67. The van der Waals surface area contributed by atoms with Crippen molar-refractivity contribution in [3.63, 3.8) is 0 Å². The molecular weight excluding hydrogens is 306 g/mol. The predicted molar refractivity (Wildman–Crippen MR) is 88.9 cm³/mol. The van der Waals surface area contributed by atoms with Crippen LogP contribution in [-0.4, -0.2) is 22.8 Å². The zero-order chi connectivity index (χ0) is 16.9. The van der Waals surface area contributed by atoms with E-state index in [4.69, 9.17) is 9.15 Å². The van der Waals surface area contributed by atoms with Crippen LogP contribution >= 0.6 is 0 Å². The number of nitrogens with zero attached hydrogens (tertiary/aromatic N) is 2. The van der Waals surface area contributed by atoms with E-state index < -0.39 is 0 Å². The van der Waals surface area contributed by atoms with Crippen LogP contribution in [0.2, 0.25) is 0 Å². The van der Waals surface area contributed by atoms with E-state index in [2.05, 4.69) is 10.4 Å². The summed E-state index contributed by atoms with van der Waals surface area (Å²) in [7, 11) is 1.61. The number of methoxy groups -OCH3 is 1. The Morgan fingerprint density at radius 3 is 2.88 bits per heavy atom. The molecule has 3 aromatic rings. The predicted octanol–water partition coefficient (Wildman–Crippen LogP) is 3.02. The number of hydrogen-bond acceptors (Lipinski definition) is 4. The fraction of sp³-hybridized carbons (Fsp3) is 0.222. The lowest BCUT2D eigenvalue weighted by atomic mass is 10.1. The first-order valence-electron chi connectivity index (χ1n) is 7.67. The first-order chi connectivity index (χ1) is 11.7. The van der Waals surface area contributed by atoms with Crippen LogP contribution < -0.4 is 10.1 Å². The Labute approximate surface area is 140 Å². The van der Waals surface area contributed by atoms with Gasteiger partial charge in [-0.2, -0.15) is 5.10 Å². The highest BCUT2D eigenvalue weighted by atomic mass is 16.5. The topological polar surface area (TPSA) is 69.3 Å². The van der Waals surface area contributed by atoms with Gasteiger partial charge in [-0.15, -0.1) is 0 Å². The molecule has 124 valence electrons. The van der Waals surface area contributed by atoms with E-state index in [0.717, 1.165) is 11.3 Å². The van der Waals surface area contributed by atoms with E-state index in [1.807, 2.05) is 43.5 Å². The second-order valence-electron chi connectivity index (χ2n) is 5.41. The zero-order valence-electron chi connectivity index (χ0n) is 13.6. The van der Waals surface area contributed by atoms with Gasteiger partial charge in [0.15, 0.2) is 5.76 Å². The Bertz CT molecular complexity index is 809. The molecule has 0 aliphatic carbocycles. The summed E-state index contributed by atoms with van der Waals surface area (Å²) in [6.45, 7) is 2.39.